The molecule has 0 unspecified atom stereocenters. The average molecular weight is 359 g/mol. The predicted molar refractivity (Wildman–Crippen MR) is 111 cm³/mol. The van der Waals surface area contributed by atoms with Crippen molar-refractivity contribution in [2.75, 3.05) is 10.6 Å². The molecule has 4 nitrogen and oxygen atoms in total. The number of nitrogens with one attached hydrogen (secondary N) is 1. The molecule has 0 fully saturated rings. The molecule has 1 N–H and O–H groups in total. The van der Waals surface area contributed by atoms with Crippen molar-refractivity contribution in [2.45, 2.75) is 26.2 Å². The Labute approximate surface area is 160 Å². The Bertz CT molecular complexity index is 913. The van der Waals surface area contributed by atoms with Crippen LogP contribution in [0.1, 0.15) is 42.3 Å². The second kappa shape index (κ2) is 7.64. The normalized spacial score (nSPS) is 11.1. The van der Waals surface area contributed by atoms with E-state index in [1.165, 1.54) is 0 Å². The van der Waals surface area contributed by atoms with E-state index >= 15 is 0 Å². The Morgan fingerprint density at radius 1 is 0.852 bits per heavy atom. The maximum atomic E-state index is 13.0. The van der Waals surface area contributed by atoms with Crippen LogP contribution in [0, 0.1) is 5.21 Å². The van der Waals surface area contributed by atoms with Gasteiger partial charge in [0.15, 0.2) is 5.78 Å². The van der Waals surface area contributed by atoms with Gasteiger partial charge in [0.25, 0.3) is 0 Å². The van der Waals surface area contributed by atoms with Gasteiger partial charge in [-0.3, -0.25) is 4.79 Å². The highest BCUT2D eigenvalue weighted by molar-refractivity contribution is 6.12. The van der Waals surface area contributed by atoms with E-state index in [1.807, 2.05) is 42.5 Å². The summed E-state index contributed by atoms with van der Waals surface area (Å²) in [6, 6.07) is 23.5. The average Bonchev–Trinajstić information content (AvgIpc) is 2.67. The predicted octanol–water partition coefficient (Wildman–Crippen LogP) is 5.55. The molecule has 0 heterocycles. The van der Waals surface area contributed by atoms with Crippen molar-refractivity contribution in [2.24, 2.45) is 0 Å². The van der Waals surface area contributed by atoms with E-state index in [4.69, 9.17) is 0 Å². The van der Waals surface area contributed by atoms with Gasteiger partial charge >= 0.3 is 0 Å². The highest BCUT2D eigenvalue weighted by atomic mass is 16.5. The van der Waals surface area contributed by atoms with E-state index in [0.717, 1.165) is 5.56 Å². The van der Waals surface area contributed by atoms with Gasteiger partial charge < -0.3 is 15.8 Å². The number of carbonyl (C=O) groups excluding carboxylic acids is 1. The summed E-state index contributed by atoms with van der Waals surface area (Å²) in [5.74, 6) is -0.179. The van der Waals surface area contributed by atoms with Gasteiger partial charge in [0.1, 0.15) is 0 Å². The quantitative estimate of drug-likeness (QED) is 0.479. The minimum atomic E-state index is -0.179. The molecule has 4 heteroatoms. The van der Waals surface area contributed by atoms with E-state index < -0.39 is 0 Å². The van der Waals surface area contributed by atoms with Crippen molar-refractivity contribution in [3.8, 4) is 0 Å². The molecular formula is C23H23N2O2-. The molecule has 27 heavy (non-hydrogen) atoms. The number of nitrogens with zero attached hydrogens (tertiary/aromatic N) is 1. The van der Waals surface area contributed by atoms with Crippen LogP contribution in [0.25, 0.3) is 0 Å². The first-order chi connectivity index (χ1) is 12.9. The summed E-state index contributed by atoms with van der Waals surface area (Å²) in [4.78, 5) is 13.0. The summed E-state index contributed by atoms with van der Waals surface area (Å²) in [7, 11) is 0. The summed E-state index contributed by atoms with van der Waals surface area (Å²) in [6.45, 7) is 6.39. The maximum absolute atomic E-state index is 13.0. The summed E-state index contributed by atoms with van der Waals surface area (Å²) in [6.07, 6.45) is 0. The van der Waals surface area contributed by atoms with Gasteiger partial charge in [-0.05, 0) is 35.2 Å². The van der Waals surface area contributed by atoms with E-state index in [-0.39, 0.29) is 16.9 Å². The number of hydrogen-bond acceptors (Lipinski definition) is 4. The third-order valence-electron chi connectivity index (χ3n) is 4.39. The fourth-order valence-electron chi connectivity index (χ4n) is 2.81. The summed E-state index contributed by atoms with van der Waals surface area (Å²) >= 11 is 0. The Balaban J connectivity index is 1.87. The van der Waals surface area contributed by atoms with Crippen LogP contribution in [0.15, 0.2) is 78.9 Å². The molecule has 0 radical (unpaired) electrons. The SMILES string of the molecule is CC(C)(C)c1ccc(C(=O)c2ccccc2N([O-])Nc2ccccc2)cc1. The summed E-state index contributed by atoms with van der Waals surface area (Å²) in [5.41, 5.74) is 5.79. The first-order valence-electron chi connectivity index (χ1n) is 8.89. The lowest BCUT2D eigenvalue weighted by Gasteiger charge is -2.33. The van der Waals surface area contributed by atoms with Gasteiger partial charge in [-0.25, -0.2) is 0 Å². The van der Waals surface area contributed by atoms with E-state index in [2.05, 4.69) is 26.2 Å². The van der Waals surface area contributed by atoms with Gasteiger partial charge in [-0.15, -0.1) is 0 Å². The minimum absolute atomic E-state index is 0.0188. The van der Waals surface area contributed by atoms with Gasteiger partial charge in [0, 0.05) is 11.1 Å². The van der Waals surface area contributed by atoms with Crippen molar-refractivity contribution in [3.05, 3.63) is 101 Å². The second-order valence-corrected chi connectivity index (χ2v) is 7.45. The Morgan fingerprint density at radius 3 is 2.07 bits per heavy atom. The van der Waals surface area contributed by atoms with Gasteiger partial charge in [0.05, 0.1) is 11.4 Å². The number of benzene rings is 3. The fourth-order valence-corrected chi connectivity index (χ4v) is 2.81. The molecule has 0 bridgehead atoms. The van der Waals surface area contributed by atoms with Crippen LogP contribution in [0.3, 0.4) is 0 Å². The molecule has 0 spiro atoms. The first-order valence-corrected chi connectivity index (χ1v) is 8.89. The van der Waals surface area contributed by atoms with Crippen molar-refractivity contribution >= 4 is 17.2 Å². The molecular weight excluding hydrogens is 336 g/mol. The molecule has 0 saturated heterocycles. The van der Waals surface area contributed by atoms with Gasteiger partial charge in [-0.1, -0.05) is 75.4 Å². The van der Waals surface area contributed by atoms with Gasteiger partial charge in [0.2, 0.25) is 0 Å². The number of para-hydroxylation sites is 2. The van der Waals surface area contributed by atoms with Crippen molar-refractivity contribution in [1.29, 1.82) is 0 Å². The molecule has 3 rings (SSSR count). The molecule has 138 valence electrons. The number of anilines is 2. The van der Waals surface area contributed by atoms with Crippen LogP contribution in [-0.2, 0) is 5.41 Å². The van der Waals surface area contributed by atoms with Crippen molar-refractivity contribution < 1.29 is 4.79 Å². The lowest BCUT2D eigenvalue weighted by Crippen LogP contribution is -2.24. The lowest BCUT2D eigenvalue weighted by atomic mass is 9.86. The van der Waals surface area contributed by atoms with Crippen LogP contribution in [0.5, 0.6) is 0 Å². The number of ketones is 1. The molecule has 0 aromatic heterocycles. The Morgan fingerprint density at radius 2 is 1.44 bits per heavy atom. The number of carbonyl (C=O) groups is 1. The maximum Gasteiger partial charge on any atom is 0.195 e. The molecule has 0 aliphatic rings. The molecule has 3 aromatic rings. The molecule has 0 aliphatic heterocycles. The monoisotopic (exact) mass is 359 g/mol. The largest absolute Gasteiger partial charge is 0.739 e. The summed E-state index contributed by atoms with van der Waals surface area (Å²) < 4.78 is 0. The van der Waals surface area contributed by atoms with E-state index in [1.54, 1.807) is 36.4 Å². The molecule has 0 amide bonds. The van der Waals surface area contributed by atoms with E-state index in [9.17, 15) is 10.0 Å². The van der Waals surface area contributed by atoms with Crippen LogP contribution in [-0.4, -0.2) is 5.78 Å². The van der Waals surface area contributed by atoms with Crippen LogP contribution in [0.2, 0.25) is 0 Å². The zero-order valence-corrected chi connectivity index (χ0v) is 15.8. The third-order valence-corrected chi connectivity index (χ3v) is 4.39. The van der Waals surface area contributed by atoms with Crippen molar-refractivity contribution in [1.82, 2.24) is 0 Å². The zero-order chi connectivity index (χ0) is 19.4. The number of hydrogen-bond donors (Lipinski definition) is 1. The fraction of sp³-hybridized carbons (Fsp3) is 0.174. The lowest BCUT2D eigenvalue weighted by molar-refractivity contribution is 0.103. The number of rotatable bonds is 5. The molecule has 0 atom stereocenters. The number of hydrazine groups is 1. The summed E-state index contributed by atoms with van der Waals surface area (Å²) in [5, 5.41) is 13.2. The zero-order valence-electron chi connectivity index (χ0n) is 15.8. The Hall–Kier alpha value is -3.11. The third kappa shape index (κ3) is 4.36. The topological polar surface area (TPSA) is 55.4 Å². The van der Waals surface area contributed by atoms with Crippen molar-refractivity contribution in [3.63, 3.8) is 0 Å². The first kappa shape index (κ1) is 18.7. The standard InChI is InChI=1S/C23H23N2O2/c1-23(2,3)18-15-13-17(14-16-18)22(26)20-11-7-8-12-21(20)25(27)24-19-9-5-4-6-10-19/h4-16,24H,1-3H3/q-1. The second-order valence-electron chi connectivity index (χ2n) is 7.45. The van der Waals surface area contributed by atoms with E-state index in [0.29, 0.717) is 22.0 Å². The highest BCUT2D eigenvalue weighted by Gasteiger charge is 2.17. The molecule has 3 aromatic carbocycles. The van der Waals surface area contributed by atoms with Gasteiger partial charge in [-0.2, -0.15) is 0 Å². The molecule has 0 saturated carbocycles. The minimum Gasteiger partial charge on any atom is -0.739 e. The van der Waals surface area contributed by atoms with Crippen LogP contribution >= 0.6 is 0 Å². The highest BCUT2D eigenvalue weighted by Crippen LogP contribution is 2.26. The van der Waals surface area contributed by atoms with Crippen LogP contribution < -0.4 is 10.6 Å². The Kier molecular flexibility index (Phi) is 5.28. The smallest absolute Gasteiger partial charge is 0.195 e. The molecule has 0 aliphatic carbocycles. The van der Waals surface area contributed by atoms with Crippen LogP contribution in [0.4, 0.5) is 11.4 Å².